The van der Waals surface area contributed by atoms with Gasteiger partial charge in [-0.15, -0.1) is 11.3 Å². The third kappa shape index (κ3) is 4.46. The number of ether oxygens (including phenoxy) is 1. The predicted molar refractivity (Wildman–Crippen MR) is 125 cm³/mol. The monoisotopic (exact) mass is 453 g/mol. The van der Waals surface area contributed by atoms with Crippen LogP contribution in [-0.2, 0) is 9.53 Å². The Balaban J connectivity index is 1.58. The fourth-order valence-electron chi connectivity index (χ4n) is 4.01. The third-order valence-electron chi connectivity index (χ3n) is 6.00. The lowest BCUT2D eigenvalue weighted by atomic mass is 9.98. The van der Waals surface area contributed by atoms with Gasteiger partial charge in [-0.25, -0.2) is 9.78 Å². The van der Waals surface area contributed by atoms with E-state index in [0.717, 1.165) is 31.2 Å². The zero-order valence-corrected chi connectivity index (χ0v) is 19.3. The van der Waals surface area contributed by atoms with E-state index >= 15 is 0 Å². The van der Waals surface area contributed by atoms with Crippen molar-refractivity contribution in [1.29, 1.82) is 0 Å². The SMILES string of the molecule is Cc1ccc(NC(=O)[C@H](C)n2cnc3sc(C(=O)OC4CCCCC4)c(C)c3c2=O)cc1. The molecule has 0 aliphatic heterocycles. The first-order valence-corrected chi connectivity index (χ1v) is 11.8. The molecule has 0 saturated heterocycles. The highest BCUT2D eigenvalue weighted by Gasteiger charge is 2.26. The largest absolute Gasteiger partial charge is 0.458 e. The number of esters is 1. The molecule has 1 atom stereocenters. The predicted octanol–water partition coefficient (Wildman–Crippen LogP) is 4.76. The van der Waals surface area contributed by atoms with E-state index in [1.807, 2.05) is 31.2 Å². The van der Waals surface area contributed by atoms with E-state index < -0.39 is 12.0 Å². The van der Waals surface area contributed by atoms with Gasteiger partial charge < -0.3 is 10.1 Å². The second kappa shape index (κ2) is 9.24. The minimum Gasteiger partial charge on any atom is -0.458 e. The summed E-state index contributed by atoms with van der Waals surface area (Å²) in [5.74, 6) is -0.713. The van der Waals surface area contributed by atoms with E-state index in [1.54, 1.807) is 13.8 Å². The van der Waals surface area contributed by atoms with Gasteiger partial charge in [0.2, 0.25) is 5.91 Å². The normalized spacial score (nSPS) is 15.5. The Kier molecular flexibility index (Phi) is 6.41. The van der Waals surface area contributed by atoms with Crippen LogP contribution in [0.1, 0.15) is 65.9 Å². The summed E-state index contributed by atoms with van der Waals surface area (Å²) >= 11 is 1.17. The molecule has 0 bridgehead atoms. The molecule has 2 aromatic heterocycles. The zero-order chi connectivity index (χ0) is 22.8. The zero-order valence-electron chi connectivity index (χ0n) is 18.5. The van der Waals surface area contributed by atoms with E-state index in [4.69, 9.17) is 4.74 Å². The van der Waals surface area contributed by atoms with Gasteiger partial charge in [-0.1, -0.05) is 24.1 Å². The van der Waals surface area contributed by atoms with Gasteiger partial charge in [0.1, 0.15) is 21.9 Å². The number of nitrogens with zero attached hydrogens (tertiary/aromatic N) is 2. The van der Waals surface area contributed by atoms with E-state index in [0.29, 0.717) is 26.3 Å². The number of fused-ring (bicyclic) bond motifs is 1. The van der Waals surface area contributed by atoms with Crippen molar-refractivity contribution in [3.8, 4) is 0 Å². The molecule has 32 heavy (non-hydrogen) atoms. The van der Waals surface area contributed by atoms with E-state index in [-0.39, 0.29) is 17.6 Å². The maximum absolute atomic E-state index is 13.2. The maximum Gasteiger partial charge on any atom is 0.348 e. The van der Waals surface area contributed by atoms with Gasteiger partial charge in [0, 0.05) is 5.69 Å². The highest BCUT2D eigenvalue weighted by Crippen LogP contribution is 2.29. The number of anilines is 1. The lowest BCUT2D eigenvalue weighted by molar-refractivity contribution is -0.118. The number of amides is 1. The Morgan fingerprint density at radius 3 is 2.53 bits per heavy atom. The molecule has 3 aromatic rings. The fourth-order valence-corrected chi connectivity index (χ4v) is 5.03. The van der Waals surface area contributed by atoms with Crippen LogP contribution in [0.2, 0.25) is 0 Å². The first-order chi connectivity index (χ1) is 15.3. The summed E-state index contributed by atoms with van der Waals surface area (Å²) in [6.45, 7) is 5.36. The van der Waals surface area contributed by atoms with Crippen LogP contribution < -0.4 is 10.9 Å². The molecule has 4 rings (SSSR count). The molecule has 1 fully saturated rings. The van der Waals surface area contributed by atoms with Gasteiger partial charge >= 0.3 is 5.97 Å². The molecule has 0 radical (unpaired) electrons. The molecular weight excluding hydrogens is 426 g/mol. The van der Waals surface area contributed by atoms with Gasteiger partial charge in [-0.2, -0.15) is 0 Å². The summed E-state index contributed by atoms with van der Waals surface area (Å²) in [6, 6.07) is 6.68. The molecule has 168 valence electrons. The minimum atomic E-state index is -0.766. The van der Waals surface area contributed by atoms with Crippen molar-refractivity contribution < 1.29 is 14.3 Å². The lowest BCUT2D eigenvalue weighted by Crippen LogP contribution is -2.31. The Labute approximate surface area is 190 Å². The molecule has 2 heterocycles. The number of hydrogen-bond acceptors (Lipinski definition) is 6. The average molecular weight is 454 g/mol. The van der Waals surface area contributed by atoms with Gasteiger partial charge in [-0.3, -0.25) is 14.2 Å². The van der Waals surface area contributed by atoms with Crippen LogP contribution in [0.4, 0.5) is 5.69 Å². The Morgan fingerprint density at radius 2 is 1.84 bits per heavy atom. The molecule has 1 N–H and O–H groups in total. The third-order valence-corrected chi connectivity index (χ3v) is 7.18. The summed E-state index contributed by atoms with van der Waals surface area (Å²) < 4.78 is 7.00. The molecule has 7 nitrogen and oxygen atoms in total. The fraction of sp³-hybridized carbons (Fsp3) is 0.417. The summed E-state index contributed by atoms with van der Waals surface area (Å²) in [5, 5.41) is 3.19. The van der Waals surface area contributed by atoms with Crippen molar-refractivity contribution >= 4 is 39.1 Å². The van der Waals surface area contributed by atoms with Crippen LogP contribution in [0, 0.1) is 13.8 Å². The van der Waals surface area contributed by atoms with Crippen LogP contribution in [0.25, 0.3) is 10.2 Å². The molecule has 1 aromatic carbocycles. The highest BCUT2D eigenvalue weighted by atomic mass is 32.1. The molecule has 8 heteroatoms. The minimum absolute atomic E-state index is 0.0593. The number of hydrogen-bond donors (Lipinski definition) is 1. The Bertz CT molecular complexity index is 1210. The van der Waals surface area contributed by atoms with E-state index in [2.05, 4.69) is 10.3 Å². The summed E-state index contributed by atoms with van der Waals surface area (Å²) in [5.41, 5.74) is 1.97. The molecule has 1 aliphatic carbocycles. The van der Waals surface area contributed by atoms with Gasteiger partial charge in [0.05, 0.1) is 11.7 Å². The van der Waals surface area contributed by atoms with Crippen LogP contribution in [0.3, 0.4) is 0 Å². The number of carbonyl (C=O) groups excluding carboxylic acids is 2. The Hall–Kier alpha value is -3.00. The number of thiophene rings is 1. The van der Waals surface area contributed by atoms with Crippen molar-refractivity contribution in [3.05, 3.63) is 57.0 Å². The second-order valence-electron chi connectivity index (χ2n) is 8.39. The van der Waals surface area contributed by atoms with Crippen LogP contribution in [0.5, 0.6) is 0 Å². The molecule has 0 unspecified atom stereocenters. The first kappa shape index (κ1) is 22.2. The van der Waals surface area contributed by atoms with Crippen molar-refractivity contribution in [1.82, 2.24) is 9.55 Å². The standard InChI is InChI=1S/C24H27N3O4S/c1-14-9-11-17(12-10-14)26-21(28)16(3)27-13-25-22-19(23(27)29)15(2)20(32-22)24(30)31-18-7-5-4-6-8-18/h9-13,16,18H,4-8H2,1-3H3,(H,26,28)/t16-/m0/s1. The van der Waals surface area contributed by atoms with Gasteiger partial charge in [0.15, 0.2) is 0 Å². The smallest absolute Gasteiger partial charge is 0.348 e. The van der Waals surface area contributed by atoms with Crippen LogP contribution >= 0.6 is 11.3 Å². The van der Waals surface area contributed by atoms with Gasteiger partial charge in [-0.05, 0) is 64.2 Å². The molecule has 1 aliphatic rings. The van der Waals surface area contributed by atoms with Crippen LogP contribution in [-0.4, -0.2) is 27.5 Å². The summed E-state index contributed by atoms with van der Waals surface area (Å²) in [4.78, 5) is 44.0. The number of aromatic nitrogens is 2. The van der Waals surface area contributed by atoms with Crippen molar-refractivity contribution in [3.63, 3.8) is 0 Å². The maximum atomic E-state index is 13.2. The molecule has 0 spiro atoms. The number of carbonyl (C=O) groups is 2. The number of aryl methyl sites for hydroxylation is 2. The van der Waals surface area contributed by atoms with E-state index in [1.165, 1.54) is 28.7 Å². The summed E-state index contributed by atoms with van der Waals surface area (Å²) in [6.07, 6.45) is 6.39. The van der Waals surface area contributed by atoms with E-state index in [9.17, 15) is 14.4 Å². The Morgan fingerprint density at radius 1 is 1.16 bits per heavy atom. The second-order valence-corrected chi connectivity index (χ2v) is 9.39. The molecule has 1 amide bonds. The van der Waals surface area contributed by atoms with Crippen molar-refractivity contribution in [2.75, 3.05) is 5.32 Å². The molecular formula is C24H27N3O4S. The molecule has 1 saturated carbocycles. The number of rotatable bonds is 5. The average Bonchev–Trinajstić information content (AvgIpc) is 3.13. The van der Waals surface area contributed by atoms with Gasteiger partial charge in [0.25, 0.3) is 5.56 Å². The topological polar surface area (TPSA) is 90.3 Å². The van der Waals surface area contributed by atoms with Crippen molar-refractivity contribution in [2.24, 2.45) is 0 Å². The summed E-state index contributed by atoms with van der Waals surface area (Å²) in [7, 11) is 0. The quantitative estimate of drug-likeness (QED) is 0.562. The number of benzene rings is 1. The first-order valence-electron chi connectivity index (χ1n) is 10.9. The number of nitrogens with one attached hydrogen (secondary N) is 1. The highest BCUT2D eigenvalue weighted by molar-refractivity contribution is 7.20. The lowest BCUT2D eigenvalue weighted by Gasteiger charge is -2.21. The van der Waals surface area contributed by atoms with Crippen molar-refractivity contribution in [2.45, 2.75) is 65.0 Å². The van der Waals surface area contributed by atoms with Crippen LogP contribution in [0.15, 0.2) is 35.4 Å².